The van der Waals surface area contributed by atoms with Gasteiger partial charge in [0, 0.05) is 19.6 Å². The Morgan fingerprint density at radius 2 is 2.08 bits per heavy atom. The van der Waals surface area contributed by atoms with E-state index in [2.05, 4.69) is 16.8 Å². The van der Waals surface area contributed by atoms with Crippen LogP contribution in [0.2, 0.25) is 0 Å². The molecule has 0 aromatic carbocycles. The van der Waals surface area contributed by atoms with E-state index in [9.17, 15) is 0 Å². The van der Waals surface area contributed by atoms with Crippen molar-refractivity contribution < 1.29 is 4.74 Å². The zero-order valence-corrected chi connectivity index (χ0v) is 8.54. The van der Waals surface area contributed by atoms with Gasteiger partial charge in [0.05, 0.1) is 19.6 Å². The van der Waals surface area contributed by atoms with E-state index in [1.807, 2.05) is 6.34 Å². The van der Waals surface area contributed by atoms with Gasteiger partial charge in [-0.25, -0.2) is 0 Å². The summed E-state index contributed by atoms with van der Waals surface area (Å²) in [5.74, 6) is 0. The Kier molecular flexibility index (Phi) is 5.57. The van der Waals surface area contributed by atoms with Gasteiger partial charge in [0.1, 0.15) is 0 Å². The van der Waals surface area contributed by atoms with Crippen molar-refractivity contribution in [2.24, 2.45) is 4.99 Å². The third-order valence-electron chi connectivity index (χ3n) is 2.18. The van der Waals surface area contributed by atoms with Crippen molar-refractivity contribution in [1.29, 1.82) is 0 Å². The maximum atomic E-state index is 5.24. The van der Waals surface area contributed by atoms with E-state index in [4.69, 9.17) is 4.74 Å². The maximum Gasteiger partial charge on any atom is 0.0851 e. The molecule has 0 unspecified atom stereocenters. The minimum Gasteiger partial charge on any atom is -0.378 e. The molecule has 0 amide bonds. The van der Waals surface area contributed by atoms with Crippen molar-refractivity contribution in [3.8, 4) is 0 Å². The van der Waals surface area contributed by atoms with Crippen LogP contribution in [-0.2, 0) is 4.74 Å². The molecule has 0 aliphatic carbocycles. The van der Waals surface area contributed by atoms with Gasteiger partial charge in [0.2, 0.25) is 0 Å². The van der Waals surface area contributed by atoms with Crippen LogP contribution in [0.5, 0.6) is 0 Å². The lowest BCUT2D eigenvalue weighted by Gasteiger charge is -2.24. The Labute approximate surface area is 80.8 Å². The minimum atomic E-state index is 0.848. The number of hydrogen-bond acceptors (Lipinski definition) is 2. The number of nitrogens with zero attached hydrogens (tertiary/aromatic N) is 2. The second-order valence-corrected chi connectivity index (χ2v) is 3.38. The molecule has 0 aromatic heterocycles. The Morgan fingerprint density at radius 1 is 1.31 bits per heavy atom. The molecule has 3 heteroatoms. The topological polar surface area (TPSA) is 24.8 Å². The lowest BCUT2D eigenvalue weighted by atomic mass is 10.2. The summed E-state index contributed by atoms with van der Waals surface area (Å²) >= 11 is 0. The van der Waals surface area contributed by atoms with Crippen LogP contribution >= 0.6 is 0 Å². The number of hydrogen-bond donors (Lipinski definition) is 0. The van der Waals surface area contributed by atoms with E-state index in [0.717, 1.165) is 32.8 Å². The quantitative estimate of drug-likeness (QED) is 0.368. The van der Waals surface area contributed by atoms with Crippen LogP contribution in [0.4, 0.5) is 0 Å². The molecule has 1 aliphatic heterocycles. The zero-order valence-electron chi connectivity index (χ0n) is 8.54. The van der Waals surface area contributed by atoms with Crippen LogP contribution in [0.3, 0.4) is 0 Å². The number of aliphatic imine (C=N–C) groups is 1. The standard InChI is InChI=1S/C10H20N2O/c1-2-3-4-5-11-10-12-6-8-13-9-7-12/h10H,2-9H2,1H3. The third-order valence-corrected chi connectivity index (χ3v) is 2.18. The molecule has 1 fully saturated rings. The summed E-state index contributed by atoms with van der Waals surface area (Å²) < 4.78 is 5.24. The predicted octanol–water partition coefficient (Wildman–Crippen LogP) is 1.54. The van der Waals surface area contributed by atoms with Crippen molar-refractivity contribution in [1.82, 2.24) is 4.90 Å². The number of ether oxygens (including phenoxy) is 1. The monoisotopic (exact) mass is 184 g/mol. The first kappa shape index (κ1) is 10.5. The van der Waals surface area contributed by atoms with Gasteiger partial charge in [-0.3, -0.25) is 4.99 Å². The first-order valence-corrected chi connectivity index (χ1v) is 5.25. The highest BCUT2D eigenvalue weighted by atomic mass is 16.5. The molecule has 0 radical (unpaired) electrons. The fraction of sp³-hybridized carbons (Fsp3) is 0.900. The van der Waals surface area contributed by atoms with Gasteiger partial charge in [-0.2, -0.15) is 0 Å². The van der Waals surface area contributed by atoms with Gasteiger partial charge < -0.3 is 9.64 Å². The molecule has 1 heterocycles. The molecule has 1 saturated heterocycles. The second-order valence-electron chi connectivity index (χ2n) is 3.38. The third kappa shape index (κ3) is 4.88. The van der Waals surface area contributed by atoms with E-state index >= 15 is 0 Å². The molecule has 1 aliphatic rings. The zero-order chi connectivity index (χ0) is 9.36. The summed E-state index contributed by atoms with van der Waals surface area (Å²) in [7, 11) is 0. The lowest BCUT2D eigenvalue weighted by molar-refractivity contribution is 0.0700. The fourth-order valence-corrected chi connectivity index (χ4v) is 1.32. The lowest BCUT2D eigenvalue weighted by Crippen LogP contribution is -2.35. The first-order valence-electron chi connectivity index (χ1n) is 5.25. The van der Waals surface area contributed by atoms with Crippen LogP contribution < -0.4 is 0 Å². The summed E-state index contributed by atoms with van der Waals surface area (Å²) in [6.07, 6.45) is 5.77. The van der Waals surface area contributed by atoms with Crippen LogP contribution in [0.15, 0.2) is 4.99 Å². The summed E-state index contributed by atoms with van der Waals surface area (Å²) in [5, 5.41) is 0. The summed E-state index contributed by atoms with van der Waals surface area (Å²) in [5.41, 5.74) is 0. The molecule has 0 aromatic rings. The summed E-state index contributed by atoms with van der Waals surface area (Å²) in [6.45, 7) is 6.88. The van der Waals surface area contributed by atoms with Crippen LogP contribution in [0, 0.1) is 0 Å². The Morgan fingerprint density at radius 3 is 2.77 bits per heavy atom. The van der Waals surface area contributed by atoms with E-state index < -0.39 is 0 Å². The molecule has 76 valence electrons. The van der Waals surface area contributed by atoms with Gasteiger partial charge in [-0.1, -0.05) is 19.8 Å². The van der Waals surface area contributed by atoms with Gasteiger partial charge in [-0.15, -0.1) is 0 Å². The number of rotatable bonds is 5. The normalized spacial score (nSPS) is 18.4. The van der Waals surface area contributed by atoms with Crippen LogP contribution in [0.1, 0.15) is 26.2 Å². The average Bonchev–Trinajstić information content (AvgIpc) is 2.19. The Balaban J connectivity index is 2.01. The van der Waals surface area contributed by atoms with Gasteiger partial charge in [0.25, 0.3) is 0 Å². The van der Waals surface area contributed by atoms with Gasteiger partial charge in [-0.05, 0) is 6.42 Å². The molecular weight excluding hydrogens is 164 g/mol. The molecule has 0 saturated carbocycles. The number of unbranched alkanes of at least 4 members (excludes halogenated alkanes) is 2. The first-order chi connectivity index (χ1) is 6.43. The molecule has 0 atom stereocenters. The molecule has 1 rings (SSSR count). The Hall–Kier alpha value is -0.570. The van der Waals surface area contributed by atoms with Crippen molar-refractivity contribution in [2.45, 2.75) is 26.2 Å². The molecular formula is C10H20N2O. The molecule has 0 N–H and O–H groups in total. The van der Waals surface area contributed by atoms with E-state index in [1.54, 1.807) is 0 Å². The van der Waals surface area contributed by atoms with Crippen LogP contribution in [0.25, 0.3) is 0 Å². The average molecular weight is 184 g/mol. The molecule has 3 nitrogen and oxygen atoms in total. The number of morpholine rings is 1. The van der Waals surface area contributed by atoms with E-state index in [1.165, 1.54) is 19.3 Å². The van der Waals surface area contributed by atoms with Gasteiger partial charge >= 0.3 is 0 Å². The highest BCUT2D eigenvalue weighted by molar-refractivity contribution is 5.54. The van der Waals surface area contributed by atoms with Crippen molar-refractivity contribution in [3.63, 3.8) is 0 Å². The SMILES string of the molecule is CCCCCN=CN1CCOCC1. The maximum absolute atomic E-state index is 5.24. The van der Waals surface area contributed by atoms with Crippen molar-refractivity contribution in [3.05, 3.63) is 0 Å². The molecule has 13 heavy (non-hydrogen) atoms. The second kappa shape index (κ2) is 6.89. The predicted molar refractivity (Wildman–Crippen MR) is 55.3 cm³/mol. The molecule has 0 spiro atoms. The smallest absolute Gasteiger partial charge is 0.0851 e. The highest BCUT2D eigenvalue weighted by Crippen LogP contribution is 1.95. The van der Waals surface area contributed by atoms with E-state index in [0.29, 0.717) is 0 Å². The summed E-state index contributed by atoms with van der Waals surface area (Å²) in [6, 6.07) is 0. The molecule has 0 bridgehead atoms. The largest absolute Gasteiger partial charge is 0.378 e. The minimum absolute atomic E-state index is 0.848. The van der Waals surface area contributed by atoms with Crippen molar-refractivity contribution >= 4 is 6.34 Å². The Bertz CT molecular complexity index is 142. The highest BCUT2D eigenvalue weighted by Gasteiger charge is 2.04. The van der Waals surface area contributed by atoms with Crippen molar-refractivity contribution in [2.75, 3.05) is 32.8 Å². The fourth-order valence-electron chi connectivity index (χ4n) is 1.32. The van der Waals surface area contributed by atoms with E-state index in [-0.39, 0.29) is 0 Å². The summed E-state index contributed by atoms with van der Waals surface area (Å²) in [4.78, 5) is 6.61. The van der Waals surface area contributed by atoms with Crippen LogP contribution in [-0.4, -0.2) is 44.1 Å². The van der Waals surface area contributed by atoms with Gasteiger partial charge in [0.15, 0.2) is 0 Å².